The van der Waals surface area contributed by atoms with Crippen LogP contribution in [-0.2, 0) is 10.5 Å². The van der Waals surface area contributed by atoms with Crippen LogP contribution in [0.5, 0.6) is 0 Å². The molecule has 1 saturated heterocycles. The smallest absolute Gasteiger partial charge is 0.323 e. The summed E-state index contributed by atoms with van der Waals surface area (Å²) in [6, 6.07) is 2.36. The lowest BCUT2D eigenvalue weighted by Crippen LogP contribution is -2.58. The van der Waals surface area contributed by atoms with Crippen LogP contribution in [0, 0.1) is 0 Å². The summed E-state index contributed by atoms with van der Waals surface area (Å²) in [4.78, 5) is 38.4. The fourth-order valence-electron chi connectivity index (χ4n) is 1.97. The second-order valence-corrected chi connectivity index (χ2v) is 5.36. The van der Waals surface area contributed by atoms with E-state index in [9.17, 15) is 14.4 Å². The first kappa shape index (κ1) is 14.5. The van der Waals surface area contributed by atoms with Crippen molar-refractivity contribution in [2.75, 3.05) is 19.6 Å². The largest absolute Gasteiger partial charge is 0.328 e. The van der Waals surface area contributed by atoms with E-state index < -0.39 is 11.7 Å². The minimum atomic E-state index is -1.61. The van der Waals surface area contributed by atoms with Gasteiger partial charge in [-0.1, -0.05) is 6.07 Å². The molecule has 1 aliphatic rings. The van der Waals surface area contributed by atoms with Gasteiger partial charge in [-0.3, -0.25) is 10.5 Å². The highest BCUT2D eigenvalue weighted by molar-refractivity contribution is 7.10. The molecule has 0 aliphatic carbocycles. The number of hydrogen-bond donors (Lipinski definition) is 2. The number of carbonyl (C=O) groups is 3. The molecule has 0 bridgehead atoms. The molecule has 1 aromatic heterocycles. The highest BCUT2D eigenvalue weighted by atomic mass is 32.1. The third kappa shape index (κ3) is 2.52. The summed E-state index contributed by atoms with van der Waals surface area (Å²) in [6.45, 7) is 3.15. The van der Waals surface area contributed by atoms with Crippen LogP contribution in [0.1, 0.15) is 11.8 Å². The standard InChI is InChI=1S/C12H16N4O3S/c1-2-15-5-6-16(11(15)19)10(18)14-12(13,8-17)9-4-3-7-20-9/h3-4,7-8H,2,5-6,13H2,1H3,(H,14,18). The second kappa shape index (κ2) is 5.59. The van der Waals surface area contributed by atoms with E-state index in [4.69, 9.17) is 5.73 Å². The number of imide groups is 1. The van der Waals surface area contributed by atoms with Gasteiger partial charge >= 0.3 is 12.1 Å². The number of carbonyl (C=O) groups excluding carboxylic acids is 3. The van der Waals surface area contributed by atoms with Crippen LogP contribution in [-0.4, -0.2) is 47.8 Å². The highest BCUT2D eigenvalue weighted by Crippen LogP contribution is 2.20. The normalized spacial score (nSPS) is 18.0. The maximum absolute atomic E-state index is 12.1. The van der Waals surface area contributed by atoms with E-state index in [1.54, 1.807) is 22.4 Å². The number of aldehydes is 1. The summed E-state index contributed by atoms with van der Waals surface area (Å²) in [7, 11) is 0. The number of nitrogens with one attached hydrogen (secondary N) is 1. The fraction of sp³-hybridized carbons (Fsp3) is 0.417. The summed E-state index contributed by atoms with van der Waals surface area (Å²) in [6.07, 6.45) is 0.467. The highest BCUT2D eigenvalue weighted by Gasteiger charge is 2.37. The molecule has 2 heterocycles. The Morgan fingerprint density at radius 2 is 2.35 bits per heavy atom. The molecular formula is C12H16N4O3S. The molecule has 0 radical (unpaired) electrons. The summed E-state index contributed by atoms with van der Waals surface area (Å²) in [5.74, 6) is 0. The Morgan fingerprint density at radius 1 is 1.60 bits per heavy atom. The second-order valence-electron chi connectivity index (χ2n) is 4.41. The van der Waals surface area contributed by atoms with Gasteiger partial charge in [-0.05, 0) is 18.4 Å². The van der Waals surface area contributed by atoms with Gasteiger partial charge in [0.15, 0.2) is 11.9 Å². The first-order valence-corrected chi connectivity index (χ1v) is 7.07. The molecule has 108 valence electrons. The Labute approximate surface area is 120 Å². The zero-order chi connectivity index (χ0) is 14.8. The maximum Gasteiger partial charge on any atom is 0.328 e. The lowest BCUT2D eigenvalue weighted by Gasteiger charge is -2.26. The van der Waals surface area contributed by atoms with Gasteiger partial charge in [-0.2, -0.15) is 0 Å². The first-order valence-electron chi connectivity index (χ1n) is 6.19. The Kier molecular flexibility index (Phi) is 4.05. The fourth-order valence-corrected chi connectivity index (χ4v) is 2.73. The number of nitrogens with zero attached hydrogens (tertiary/aromatic N) is 2. The van der Waals surface area contributed by atoms with E-state index in [2.05, 4.69) is 5.32 Å². The summed E-state index contributed by atoms with van der Waals surface area (Å²) in [5, 5.41) is 4.18. The zero-order valence-electron chi connectivity index (χ0n) is 11.0. The van der Waals surface area contributed by atoms with E-state index in [-0.39, 0.29) is 12.6 Å². The molecule has 1 aromatic rings. The number of hydrogen-bond acceptors (Lipinski definition) is 5. The molecule has 20 heavy (non-hydrogen) atoms. The van der Waals surface area contributed by atoms with Crippen molar-refractivity contribution in [1.82, 2.24) is 15.1 Å². The van der Waals surface area contributed by atoms with Crippen molar-refractivity contribution in [3.63, 3.8) is 0 Å². The zero-order valence-corrected chi connectivity index (χ0v) is 11.9. The topological polar surface area (TPSA) is 95.7 Å². The number of rotatable bonds is 4. The Balaban J connectivity index is 2.11. The SMILES string of the molecule is CCN1CCN(C(=O)NC(N)(C=O)c2cccs2)C1=O. The molecule has 1 atom stereocenters. The average Bonchev–Trinajstić information content (AvgIpc) is 3.07. The van der Waals surface area contributed by atoms with Gasteiger partial charge in [0.05, 0.1) is 4.88 Å². The van der Waals surface area contributed by atoms with Gasteiger partial charge in [0.2, 0.25) is 0 Å². The van der Waals surface area contributed by atoms with Crippen molar-refractivity contribution in [2.24, 2.45) is 5.73 Å². The third-order valence-electron chi connectivity index (χ3n) is 3.15. The molecule has 8 heteroatoms. The van der Waals surface area contributed by atoms with Crippen molar-refractivity contribution in [3.05, 3.63) is 22.4 Å². The Bertz CT molecular complexity index is 519. The molecule has 4 amide bonds. The quantitative estimate of drug-likeness (QED) is 0.625. The van der Waals surface area contributed by atoms with E-state index in [1.807, 2.05) is 6.92 Å². The minimum Gasteiger partial charge on any atom is -0.323 e. The van der Waals surface area contributed by atoms with E-state index in [0.717, 1.165) is 4.90 Å². The lowest BCUT2D eigenvalue weighted by atomic mass is 10.1. The van der Waals surface area contributed by atoms with Crippen LogP contribution in [0.3, 0.4) is 0 Å². The van der Waals surface area contributed by atoms with Gasteiger partial charge in [0, 0.05) is 19.6 Å². The van der Waals surface area contributed by atoms with Gasteiger partial charge in [0.25, 0.3) is 0 Å². The van der Waals surface area contributed by atoms with Crippen LogP contribution in [0.2, 0.25) is 0 Å². The van der Waals surface area contributed by atoms with Gasteiger partial charge in [-0.25, -0.2) is 14.5 Å². The maximum atomic E-state index is 12.1. The van der Waals surface area contributed by atoms with E-state index in [0.29, 0.717) is 24.3 Å². The van der Waals surface area contributed by atoms with E-state index >= 15 is 0 Å². The van der Waals surface area contributed by atoms with Crippen molar-refractivity contribution in [2.45, 2.75) is 12.6 Å². The summed E-state index contributed by atoms with van der Waals surface area (Å²) < 4.78 is 0. The van der Waals surface area contributed by atoms with Crippen molar-refractivity contribution in [3.8, 4) is 0 Å². The van der Waals surface area contributed by atoms with Crippen molar-refractivity contribution >= 4 is 29.7 Å². The number of urea groups is 2. The third-order valence-corrected chi connectivity index (χ3v) is 4.17. The predicted molar refractivity (Wildman–Crippen MR) is 74.1 cm³/mol. The molecule has 0 aromatic carbocycles. The molecule has 0 spiro atoms. The summed E-state index contributed by atoms with van der Waals surface area (Å²) in [5.41, 5.74) is 4.30. The monoisotopic (exact) mass is 296 g/mol. The molecule has 7 nitrogen and oxygen atoms in total. The predicted octanol–water partition coefficient (Wildman–Crippen LogP) is 0.526. The van der Waals surface area contributed by atoms with Crippen molar-refractivity contribution < 1.29 is 14.4 Å². The van der Waals surface area contributed by atoms with Crippen LogP contribution in [0.4, 0.5) is 9.59 Å². The molecule has 1 fully saturated rings. The van der Waals surface area contributed by atoms with Crippen molar-refractivity contribution in [1.29, 1.82) is 0 Å². The van der Waals surface area contributed by atoms with Crippen LogP contribution >= 0.6 is 11.3 Å². The number of nitrogens with two attached hydrogens (primary N) is 1. The molecule has 0 saturated carbocycles. The molecule has 1 unspecified atom stereocenters. The minimum absolute atomic E-state index is 0.290. The molecular weight excluding hydrogens is 280 g/mol. The Morgan fingerprint density at radius 3 is 2.85 bits per heavy atom. The van der Waals surface area contributed by atoms with Crippen LogP contribution < -0.4 is 11.1 Å². The Hall–Kier alpha value is -1.93. The first-order chi connectivity index (χ1) is 9.51. The van der Waals surface area contributed by atoms with Crippen LogP contribution in [0.15, 0.2) is 17.5 Å². The number of thiophene rings is 1. The lowest BCUT2D eigenvalue weighted by molar-refractivity contribution is -0.113. The number of amides is 4. The van der Waals surface area contributed by atoms with Gasteiger partial charge in [-0.15, -0.1) is 11.3 Å². The average molecular weight is 296 g/mol. The molecule has 3 N–H and O–H groups in total. The summed E-state index contributed by atoms with van der Waals surface area (Å²) >= 11 is 1.26. The van der Waals surface area contributed by atoms with Crippen LogP contribution in [0.25, 0.3) is 0 Å². The number of likely N-dealkylation sites (N-methyl/N-ethyl adjacent to an activating group) is 1. The van der Waals surface area contributed by atoms with Gasteiger partial charge < -0.3 is 10.2 Å². The molecule has 1 aliphatic heterocycles. The van der Waals surface area contributed by atoms with E-state index in [1.165, 1.54) is 11.3 Å². The molecule has 2 rings (SSSR count). The van der Waals surface area contributed by atoms with Gasteiger partial charge in [0.1, 0.15) is 0 Å².